The predicted octanol–water partition coefficient (Wildman–Crippen LogP) is 1.48. The molecule has 1 saturated heterocycles. The number of halogens is 1. The number of ether oxygens (including phenoxy) is 1. The fourth-order valence-corrected chi connectivity index (χ4v) is 4.36. The molecule has 0 radical (unpaired) electrons. The van der Waals surface area contributed by atoms with Crippen LogP contribution >= 0.6 is 11.6 Å². The van der Waals surface area contributed by atoms with Gasteiger partial charge in [-0.05, 0) is 68.3 Å². The molecule has 6 nitrogen and oxygen atoms in total. The summed E-state index contributed by atoms with van der Waals surface area (Å²) >= 11 is 5.83. The van der Waals surface area contributed by atoms with E-state index >= 15 is 0 Å². The quantitative estimate of drug-likeness (QED) is 0.701. The van der Waals surface area contributed by atoms with Gasteiger partial charge in [-0.25, -0.2) is 0 Å². The summed E-state index contributed by atoms with van der Waals surface area (Å²) in [5.41, 5.74) is 0. The predicted molar refractivity (Wildman–Crippen MR) is 98.0 cm³/mol. The van der Waals surface area contributed by atoms with Crippen LogP contribution in [0, 0.1) is 11.8 Å². The van der Waals surface area contributed by atoms with Crippen LogP contribution in [0.1, 0.15) is 25.7 Å². The highest BCUT2D eigenvalue weighted by molar-refractivity contribution is 6.30. The molecule has 2 aliphatic carbocycles. The minimum absolute atomic E-state index is 0.0153. The van der Waals surface area contributed by atoms with Crippen molar-refractivity contribution >= 4 is 23.4 Å². The van der Waals surface area contributed by atoms with Gasteiger partial charge in [-0.3, -0.25) is 9.59 Å². The molecule has 26 heavy (non-hydrogen) atoms. The number of hydrogen-bond acceptors (Lipinski definition) is 4. The molecule has 1 aliphatic heterocycles. The van der Waals surface area contributed by atoms with Crippen molar-refractivity contribution in [1.29, 1.82) is 0 Å². The molecule has 5 atom stereocenters. The SMILES string of the molecule is O=C(COc1ccc(Cl)cc1)N[C@H]1C[C@@H](NC(=O)C2CCCN2)C2CC21. The molecule has 2 saturated carbocycles. The van der Waals surface area contributed by atoms with Crippen LogP contribution in [-0.4, -0.2) is 43.1 Å². The van der Waals surface area contributed by atoms with Crippen LogP contribution in [0.15, 0.2) is 24.3 Å². The monoisotopic (exact) mass is 377 g/mol. The van der Waals surface area contributed by atoms with Gasteiger partial charge in [0.15, 0.2) is 6.61 Å². The third kappa shape index (κ3) is 3.96. The highest BCUT2D eigenvalue weighted by Gasteiger charge is 2.55. The Bertz CT molecular complexity index is 675. The van der Waals surface area contributed by atoms with Gasteiger partial charge in [-0.2, -0.15) is 0 Å². The molecule has 2 amide bonds. The average molecular weight is 378 g/mol. The Hall–Kier alpha value is -1.79. The highest BCUT2D eigenvalue weighted by atomic mass is 35.5. The van der Waals surface area contributed by atoms with Crippen molar-refractivity contribution in [3.05, 3.63) is 29.3 Å². The molecule has 0 aromatic heterocycles. The molecule has 3 aliphatic rings. The molecule has 0 spiro atoms. The second-order valence-electron chi connectivity index (χ2n) is 7.48. The number of rotatable bonds is 6. The third-order valence-electron chi connectivity index (χ3n) is 5.67. The second-order valence-corrected chi connectivity index (χ2v) is 7.92. The summed E-state index contributed by atoms with van der Waals surface area (Å²) in [5.74, 6) is 1.59. The Balaban J connectivity index is 1.22. The first-order valence-corrected chi connectivity index (χ1v) is 9.69. The van der Waals surface area contributed by atoms with E-state index in [1.807, 2.05) is 0 Å². The molecule has 1 heterocycles. The molecule has 1 aromatic carbocycles. The zero-order chi connectivity index (χ0) is 18.1. The lowest BCUT2D eigenvalue weighted by atomic mass is 10.1. The van der Waals surface area contributed by atoms with Gasteiger partial charge in [-0.1, -0.05) is 11.6 Å². The molecule has 3 fully saturated rings. The smallest absolute Gasteiger partial charge is 0.258 e. The lowest BCUT2D eigenvalue weighted by Crippen LogP contribution is -2.46. The van der Waals surface area contributed by atoms with E-state index < -0.39 is 0 Å². The van der Waals surface area contributed by atoms with Gasteiger partial charge in [-0.15, -0.1) is 0 Å². The average Bonchev–Trinajstić information content (AvgIpc) is 3.09. The first-order chi connectivity index (χ1) is 12.6. The first-order valence-electron chi connectivity index (χ1n) is 9.31. The van der Waals surface area contributed by atoms with Crippen LogP contribution in [0.3, 0.4) is 0 Å². The maximum Gasteiger partial charge on any atom is 0.258 e. The topological polar surface area (TPSA) is 79.5 Å². The van der Waals surface area contributed by atoms with E-state index in [0.29, 0.717) is 22.6 Å². The van der Waals surface area contributed by atoms with Crippen molar-refractivity contribution in [3.8, 4) is 5.75 Å². The van der Waals surface area contributed by atoms with Crippen LogP contribution < -0.4 is 20.7 Å². The molecule has 3 N–H and O–H groups in total. The number of carbonyl (C=O) groups is 2. The number of amides is 2. The highest BCUT2D eigenvalue weighted by Crippen LogP contribution is 2.52. The van der Waals surface area contributed by atoms with Gasteiger partial charge in [0.25, 0.3) is 5.91 Å². The van der Waals surface area contributed by atoms with Crippen molar-refractivity contribution in [2.75, 3.05) is 13.2 Å². The van der Waals surface area contributed by atoms with Crippen molar-refractivity contribution in [1.82, 2.24) is 16.0 Å². The van der Waals surface area contributed by atoms with Crippen molar-refractivity contribution < 1.29 is 14.3 Å². The minimum atomic E-state index is -0.125. The van der Waals surface area contributed by atoms with Gasteiger partial charge in [0.1, 0.15) is 5.75 Å². The lowest BCUT2D eigenvalue weighted by Gasteiger charge is -2.20. The normalized spacial score (nSPS) is 32.0. The molecule has 0 bridgehead atoms. The van der Waals surface area contributed by atoms with E-state index in [1.54, 1.807) is 24.3 Å². The van der Waals surface area contributed by atoms with Crippen molar-refractivity contribution in [2.24, 2.45) is 11.8 Å². The summed E-state index contributed by atoms with van der Waals surface area (Å²) in [6.45, 7) is 0.902. The Morgan fingerprint density at radius 1 is 1.12 bits per heavy atom. The molecule has 4 rings (SSSR count). The number of fused-ring (bicyclic) bond motifs is 1. The molecular weight excluding hydrogens is 354 g/mol. The summed E-state index contributed by atoms with van der Waals surface area (Å²) in [6.07, 6.45) is 3.85. The van der Waals surface area contributed by atoms with Crippen LogP contribution in [0.4, 0.5) is 0 Å². The van der Waals surface area contributed by atoms with E-state index in [0.717, 1.165) is 32.2 Å². The van der Waals surface area contributed by atoms with Crippen molar-refractivity contribution in [3.63, 3.8) is 0 Å². The fraction of sp³-hybridized carbons (Fsp3) is 0.579. The Labute approximate surface area is 158 Å². The summed E-state index contributed by atoms with van der Waals surface area (Å²) < 4.78 is 5.49. The summed E-state index contributed by atoms with van der Waals surface area (Å²) in [4.78, 5) is 24.5. The Kier molecular flexibility index (Phi) is 5.05. The zero-order valence-corrected chi connectivity index (χ0v) is 15.3. The molecular formula is C19H24ClN3O3. The third-order valence-corrected chi connectivity index (χ3v) is 5.92. The summed E-state index contributed by atoms with van der Waals surface area (Å²) in [6, 6.07) is 7.20. The molecule has 7 heteroatoms. The maximum atomic E-state index is 12.3. The summed E-state index contributed by atoms with van der Waals surface area (Å²) in [7, 11) is 0. The Morgan fingerprint density at radius 3 is 2.54 bits per heavy atom. The van der Waals surface area contributed by atoms with Crippen molar-refractivity contribution in [2.45, 2.75) is 43.8 Å². The number of benzene rings is 1. The largest absolute Gasteiger partial charge is 0.484 e. The summed E-state index contributed by atoms with van der Waals surface area (Å²) in [5, 5.41) is 10.1. The van der Waals surface area contributed by atoms with E-state index in [1.165, 1.54) is 0 Å². The van der Waals surface area contributed by atoms with Gasteiger partial charge >= 0.3 is 0 Å². The minimum Gasteiger partial charge on any atom is -0.484 e. The van der Waals surface area contributed by atoms with Crippen LogP contribution in [-0.2, 0) is 9.59 Å². The molecule has 140 valence electrons. The lowest BCUT2D eigenvalue weighted by molar-refractivity contribution is -0.124. The number of nitrogens with one attached hydrogen (secondary N) is 3. The van der Waals surface area contributed by atoms with Gasteiger partial charge in [0, 0.05) is 17.1 Å². The first kappa shape index (κ1) is 17.6. The zero-order valence-electron chi connectivity index (χ0n) is 14.5. The number of hydrogen-bond donors (Lipinski definition) is 3. The van der Waals surface area contributed by atoms with Crippen LogP contribution in [0.25, 0.3) is 0 Å². The fourth-order valence-electron chi connectivity index (χ4n) is 4.24. The number of carbonyl (C=O) groups excluding carboxylic acids is 2. The van der Waals surface area contributed by atoms with E-state index in [-0.39, 0.29) is 36.5 Å². The second kappa shape index (κ2) is 7.45. The van der Waals surface area contributed by atoms with E-state index in [9.17, 15) is 9.59 Å². The molecule has 1 aromatic rings. The maximum absolute atomic E-state index is 12.3. The van der Waals surface area contributed by atoms with Crippen LogP contribution in [0.2, 0.25) is 5.02 Å². The Morgan fingerprint density at radius 2 is 1.85 bits per heavy atom. The van der Waals surface area contributed by atoms with Crippen LogP contribution in [0.5, 0.6) is 5.75 Å². The van der Waals surface area contributed by atoms with Gasteiger partial charge < -0.3 is 20.7 Å². The standard InChI is InChI=1S/C19H24ClN3O3/c20-11-3-5-12(6-4-11)26-10-18(24)22-16-9-17(14-8-13(14)16)23-19(25)15-2-1-7-21-15/h3-6,13-17,21H,1-2,7-10H2,(H,22,24)(H,23,25)/t13?,14?,15?,16-,17+/m0/s1. The van der Waals surface area contributed by atoms with E-state index in [2.05, 4.69) is 16.0 Å². The van der Waals surface area contributed by atoms with Gasteiger partial charge in [0.2, 0.25) is 5.91 Å². The molecule has 3 unspecified atom stereocenters. The van der Waals surface area contributed by atoms with Gasteiger partial charge in [0.05, 0.1) is 6.04 Å². The van der Waals surface area contributed by atoms with E-state index in [4.69, 9.17) is 16.3 Å².